The molecule has 0 saturated carbocycles. The molecular weight excluding hydrogens is 232 g/mol. The zero-order valence-corrected chi connectivity index (χ0v) is 9.52. The minimum Gasteiger partial charge on any atom is -0.461 e. The van der Waals surface area contributed by atoms with Gasteiger partial charge in [0.05, 0.1) is 6.61 Å². The first-order valence-corrected chi connectivity index (χ1v) is 5.57. The molecule has 1 N–H and O–H groups in total. The second kappa shape index (κ2) is 5.27. The zero-order chi connectivity index (χ0) is 11.4. The molecule has 1 saturated heterocycles. The van der Waals surface area contributed by atoms with Crippen LogP contribution in [0.2, 0.25) is 5.28 Å². The van der Waals surface area contributed by atoms with Crippen LogP contribution in [0, 0.1) is 0 Å². The van der Waals surface area contributed by atoms with Crippen LogP contribution >= 0.6 is 11.6 Å². The maximum atomic E-state index is 8.64. The average molecular weight is 245 g/mol. The van der Waals surface area contributed by atoms with Gasteiger partial charge in [0, 0.05) is 13.1 Å². The fraction of sp³-hybridized carbons (Fsp3) is 0.667. The van der Waals surface area contributed by atoms with Crippen molar-refractivity contribution in [3.05, 3.63) is 5.28 Å². The molecule has 2 rings (SSSR count). The Bertz CT molecular complexity index is 357. The first-order valence-electron chi connectivity index (χ1n) is 5.20. The summed E-state index contributed by atoms with van der Waals surface area (Å²) >= 11 is 5.78. The normalized spacial score (nSPS) is 15.5. The predicted octanol–water partition coefficient (Wildman–Crippen LogP) is 0.496. The minimum absolute atomic E-state index is 0.0810. The number of anilines is 1. The van der Waals surface area contributed by atoms with E-state index in [-0.39, 0.29) is 24.5 Å². The molecule has 0 amide bonds. The fourth-order valence-electron chi connectivity index (χ4n) is 1.58. The van der Waals surface area contributed by atoms with E-state index in [1.807, 2.05) is 4.90 Å². The van der Waals surface area contributed by atoms with Crippen molar-refractivity contribution < 1.29 is 9.84 Å². The summed E-state index contributed by atoms with van der Waals surface area (Å²) in [4.78, 5) is 14.1. The van der Waals surface area contributed by atoms with Gasteiger partial charge in [0.15, 0.2) is 0 Å². The van der Waals surface area contributed by atoms with Crippen LogP contribution in [0.1, 0.15) is 12.8 Å². The van der Waals surface area contributed by atoms with Gasteiger partial charge in [-0.25, -0.2) is 0 Å². The van der Waals surface area contributed by atoms with E-state index >= 15 is 0 Å². The molecule has 0 aliphatic carbocycles. The van der Waals surface area contributed by atoms with Gasteiger partial charge in [-0.3, -0.25) is 0 Å². The van der Waals surface area contributed by atoms with Crippen molar-refractivity contribution in [3.63, 3.8) is 0 Å². The average Bonchev–Trinajstić information content (AvgIpc) is 2.79. The molecule has 1 aliphatic rings. The fourth-order valence-corrected chi connectivity index (χ4v) is 1.73. The quantitative estimate of drug-likeness (QED) is 0.832. The highest BCUT2D eigenvalue weighted by Crippen LogP contribution is 2.19. The molecule has 6 nitrogen and oxygen atoms in total. The number of aliphatic hydroxyl groups is 1. The predicted molar refractivity (Wildman–Crippen MR) is 58.9 cm³/mol. The van der Waals surface area contributed by atoms with E-state index < -0.39 is 0 Å². The molecule has 1 aromatic heterocycles. The van der Waals surface area contributed by atoms with E-state index in [2.05, 4.69) is 15.0 Å². The van der Waals surface area contributed by atoms with Gasteiger partial charge in [0.2, 0.25) is 11.2 Å². The van der Waals surface area contributed by atoms with Crippen LogP contribution in [-0.2, 0) is 0 Å². The molecule has 0 radical (unpaired) electrons. The van der Waals surface area contributed by atoms with Crippen molar-refractivity contribution in [3.8, 4) is 6.01 Å². The standard InChI is InChI=1S/C9H13ClN4O2/c10-7-11-8(14-3-1-2-4-14)13-9(12-7)16-6-5-15/h15H,1-6H2. The second-order valence-corrected chi connectivity index (χ2v) is 3.79. The van der Waals surface area contributed by atoms with Crippen molar-refractivity contribution in [1.82, 2.24) is 15.0 Å². The van der Waals surface area contributed by atoms with E-state index in [0.717, 1.165) is 25.9 Å². The SMILES string of the molecule is OCCOc1nc(Cl)nc(N2CCCC2)n1. The number of aromatic nitrogens is 3. The maximum Gasteiger partial charge on any atom is 0.322 e. The largest absolute Gasteiger partial charge is 0.461 e. The molecule has 1 aromatic rings. The van der Waals surface area contributed by atoms with E-state index in [9.17, 15) is 0 Å². The van der Waals surface area contributed by atoms with Crippen LogP contribution in [-0.4, -0.2) is 46.4 Å². The van der Waals surface area contributed by atoms with Gasteiger partial charge in [0.1, 0.15) is 6.61 Å². The Kier molecular flexibility index (Phi) is 3.74. The van der Waals surface area contributed by atoms with Crippen LogP contribution in [0.3, 0.4) is 0 Å². The van der Waals surface area contributed by atoms with Gasteiger partial charge in [-0.2, -0.15) is 15.0 Å². The molecule has 0 atom stereocenters. The van der Waals surface area contributed by atoms with E-state index in [1.165, 1.54) is 0 Å². The van der Waals surface area contributed by atoms with Crippen molar-refractivity contribution in [2.75, 3.05) is 31.2 Å². The summed E-state index contributed by atoms with van der Waals surface area (Å²) in [5.41, 5.74) is 0. The summed E-state index contributed by atoms with van der Waals surface area (Å²) in [6.07, 6.45) is 2.27. The first kappa shape index (κ1) is 11.3. The smallest absolute Gasteiger partial charge is 0.322 e. The lowest BCUT2D eigenvalue weighted by molar-refractivity contribution is 0.191. The molecule has 2 heterocycles. The van der Waals surface area contributed by atoms with E-state index in [4.69, 9.17) is 21.4 Å². The number of ether oxygens (including phenoxy) is 1. The van der Waals surface area contributed by atoms with Crippen LogP contribution in [0.5, 0.6) is 6.01 Å². The van der Waals surface area contributed by atoms with Crippen molar-refractivity contribution in [2.24, 2.45) is 0 Å². The number of rotatable bonds is 4. The summed E-state index contributed by atoms with van der Waals surface area (Å²) in [7, 11) is 0. The van der Waals surface area contributed by atoms with Gasteiger partial charge >= 0.3 is 6.01 Å². The third-order valence-electron chi connectivity index (χ3n) is 2.29. The molecule has 0 unspecified atom stereocenters. The molecule has 0 spiro atoms. The second-order valence-electron chi connectivity index (χ2n) is 3.45. The molecular formula is C9H13ClN4O2. The summed E-state index contributed by atoms with van der Waals surface area (Å²) in [6.45, 7) is 1.93. The Labute approximate surface area is 98.2 Å². The van der Waals surface area contributed by atoms with Gasteiger partial charge in [-0.1, -0.05) is 0 Å². The van der Waals surface area contributed by atoms with Crippen LogP contribution in [0.4, 0.5) is 5.95 Å². The topological polar surface area (TPSA) is 71.4 Å². The number of aliphatic hydroxyl groups excluding tert-OH is 1. The lowest BCUT2D eigenvalue weighted by Gasteiger charge is -2.15. The van der Waals surface area contributed by atoms with Crippen molar-refractivity contribution >= 4 is 17.5 Å². The highest BCUT2D eigenvalue weighted by molar-refractivity contribution is 6.28. The third kappa shape index (κ3) is 2.70. The van der Waals surface area contributed by atoms with Crippen LogP contribution in [0.15, 0.2) is 0 Å². The molecule has 16 heavy (non-hydrogen) atoms. The lowest BCUT2D eigenvalue weighted by atomic mass is 10.4. The molecule has 0 aromatic carbocycles. The monoisotopic (exact) mass is 244 g/mol. The highest BCUT2D eigenvalue weighted by Gasteiger charge is 2.17. The molecule has 0 bridgehead atoms. The summed E-state index contributed by atoms with van der Waals surface area (Å²) in [5, 5.41) is 8.75. The minimum atomic E-state index is -0.0810. The molecule has 1 aliphatic heterocycles. The van der Waals surface area contributed by atoms with E-state index in [0.29, 0.717) is 5.95 Å². The Morgan fingerprint density at radius 3 is 2.69 bits per heavy atom. The van der Waals surface area contributed by atoms with Crippen molar-refractivity contribution in [2.45, 2.75) is 12.8 Å². The summed E-state index contributed by atoms with van der Waals surface area (Å²) in [5.74, 6) is 0.547. The Morgan fingerprint density at radius 1 is 1.25 bits per heavy atom. The summed E-state index contributed by atoms with van der Waals surface area (Å²) in [6, 6.07) is 0.163. The molecule has 7 heteroatoms. The van der Waals surface area contributed by atoms with Gasteiger partial charge < -0.3 is 14.7 Å². The number of hydrogen-bond acceptors (Lipinski definition) is 6. The van der Waals surface area contributed by atoms with Gasteiger partial charge in [-0.15, -0.1) is 0 Å². The van der Waals surface area contributed by atoms with Gasteiger partial charge in [0.25, 0.3) is 0 Å². The number of hydrogen-bond donors (Lipinski definition) is 1. The van der Waals surface area contributed by atoms with Crippen molar-refractivity contribution in [1.29, 1.82) is 0 Å². The maximum absolute atomic E-state index is 8.64. The Balaban J connectivity index is 2.14. The number of nitrogens with zero attached hydrogens (tertiary/aromatic N) is 4. The van der Waals surface area contributed by atoms with Gasteiger partial charge in [-0.05, 0) is 24.4 Å². The highest BCUT2D eigenvalue weighted by atomic mass is 35.5. The first-order chi connectivity index (χ1) is 7.79. The summed E-state index contributed by atoms with van der Waals surface area (Å²) < 4.78 is 5.11. The Morgan fingerprint density at radius 2 is 2.00 bits per heavy atom. The molecule has 88 valence electrons. The van der Waals surface area contributed by atoms with Crippen LogP contribution < -0.4 is 9.64 Å². The third-order valence-corrected chi connectivity index (χ3v) is 2.46. The lowest BCUT2D eigenvalue weighted by Crippen LogP contribution is -2.21. The zero-order valence-electron chi connectivity index (χ0n) is 8.76. The van der Waals surface area contributed by atoms with E-state index in [1.54, 1.807) is 0 Å². The Hall–Kier alpha value is -1.14. The number of halogens is 1. The molecule has 1 fully saturated rings. The van der Waals surface area contributed by atoms with Crippen LogP contribution in [0.25, 0.3) is 0 Å².